The summed E-state index contributed by atoms with van der Waals surface area (Å²) < 4.78 is 0. The van der Waals surface area contributed by atoms with Crippen LogP contribution in [-0.2, 0) is 11.2 Å². The summed E-state index contributed by atoms with van der Waals surface area (Å²) in [5.41, 5.74) is 3.94. The molecule has 0 aliphatic rings. The Morgan fingerprint density at radius 2 is 2.00 bits per heavy atom. The summed E-state index contributed by atoms with van der Waals surface area (Å²) in [6, 6.07) is 13.3. The number of hydrogen-bond donors (Lipinski definition) is 1. The van der Waals surface area contributed by atoms with Gasteiger partial charge in [0.1, 0.15) is 0 Å². The van der Waals surface area contributed by atoms with Crippen LogP contribution in [0.2, 0.25) is 5.02 Å². The molecule has 3 aromatic rings. The maximum atomic E-state index is 12.1. The van der Waals surface area contributed by atoms with Crippen LogP contribution in [0.25, 0.3) is 11.0 Å². The maximum Gasteiger partial charge on any atom is 0.200 e. The van der Waals surface area contributed by atoms with Crippen molar-refractivity contribution in [3.05, 3.63) is 58.6 Å². The summed E-state index contributed by atoms with van der Waals surface area (Å²) in [5.74, 6) is 0. The molecule has 1 aromatic heterocycles. The molecule has 21 heavy (non-hydrogen) atoms. The lowest BCUT2D eigenvalue weighted by molar-refractivity contribution is -0.110. The Bertz CT molecular complexity index is 796. The van der Waals surface area contributed by atoms with Crippen molar-refractivity contribution in [3.8, 4) is 0 Å². The molecule has 1 heterocycles. The lowest BCUT2D eigenvalue weighted by Gasteiger charge is -1.99. The maximum absolute atomic E-state index is 12.1. The van der Waals surface area contributed by atoms with Gasteiger partial charge in [-0.15, -0.1) is 0 Å². The van der Waals surface area contributed by atoms with Gasteiger partial charge in [0.25, 0.3) is 0 Å². The van der Waals surface area contributed by atoms with Crippen LogP contribution >= 0.6 is 23.4 Å². The fourth-order valence-corrected chi connectivity index (χ4v) is 2.95. The van der Waals surface area contributed by atoms with Gasteiger partial charge in [0, 0.05) is 11.4 Å². The molecule has 3 rings (SSSR count). The lowest BCUT2D eigenvalue weighted by atomic mass is 10.2. The third-order valence-corrected chi connectivity index (χ3v) is 4.10. The van der Waals surface area contributed by atoms with E-state index < -0.39 is 0 Å². The van der Waals surface area contributed by atoms with E-state index in [1.165, 1.54) is 0 Å². The fourth-order valence-electron chi connectivity index (χ4n) is 2.06. The summed E-state index contributed by atoms with van der Waals surface area (Å²) in [5, 5.41) is 1.36. The Labute approximate surface area is 131 Å². The number of nitrogens with zero attached hydrogens (tertiary/aromatic N) is 1. The van der Waals surface area contributed by atoms with Crippen LogP contribution in [0.1, 0.15) is 11.1 Å². The van der Waals surface area contributed by atoms with Gasteiger partial charge in [0.15, 0.2) is 5.16 Å². The number of benzene rings is 2. The molecule has 3 nitrogen and oxygen atoms in total. The van der Waals surface area contributed by atoms with Crippen molar-refractivity contribution in [2.45, 2.75) is 18.5 Å². The quantitative estimate of drug-likeness (QED) is 0.729. The van der Waals surface area contributed by atoms with Gasteiger partial charge in [0.2, 0.25) is 5.12 Å². The van der Waals surface area contributed by atoms with Gasteiger partial charge in [-0.3, -0.25) is 4.79 Å². The summed E-state index contributed by atoms with van der Waals surface area (Å²) >= 11 is 6.97. The highest BCUT2D eigenvalue weighted by atomic mass is 35.5. The van der Waals surface area contributed by atoms with Gasteiger partial charge < -0.3 is 4.98 Å². The second-order valence-electron chi connectivity index (χ2n) is 4.84. The first-order valence-electron chi connectivity index (χ1n) is 6.52. The fraction of sp³-hybridized carbons (Fsp3) is 0.125. The monoisotopic (exact) mass is 316 g/mol. The minimum absolute atomic E-state index is 0.0492. The van der Waals surface area contributed by atoms with Crippen molar-refractivity contribution < 1.29 is 4.79 Å². The van der Waals surface area contributed by atoms with Crippen molar-refractivity contribution in [1.82, 2.24) is 9.97 Å². The Kier molecular flexibility index (Phi) is 3.99. The molecule has 0 spiro atoms. The van der Waals surface area contributed by atoms with Crippen molar-refractivity contribution in [3.63, 3.8) is 0 Å². The molecule has 0 aliphatic heterocycles. The predicted octanol–water partition coefficient (Wildman–Crippen LogP) is 4.39. The molecule has 1 N–H and O–H groups in total. The second-order valence-corrected chi connectivity index (χ2v) is 6.32. The van der Waals surface area contributed by atoms with E-state index in [2.05, 4.69) is 9.97 Å². The highest BCUT2D eigenvalue weighted by molar-refractivity contribution is 8.13. The molecule has 0 aliphatic carbocycles. The third-order valence-electron chi connectivity index (χ3n) is 3.09. The van der Waals surface area contributed by atoms with E-state index in [0.717, 1.165) is 33.9 Å². The van der Waals surface area contributed by atoms with Gasteiger partial charge in [-0.2, -0.15) is 0 Å². The Hall–Kier alpha value is -1.78. The summed E-state index contributed by atoms with van der Waals surface area (Å²) in [6.45, 7) is 2.03. The molecular formula is C16H13ClN2OS. The molecule has 0 fully saturated rings. The highest BCUT2D eigenvalue weighted by Gasteiger charge is 2.10. The number of fused-ring (bicyclic) bond motifs is 1. The first-order valence-corrected chi connectivity index (χ1v) is 7.71. The smallest absolute Gasteiger partial charge is 0.200 e. The van der Waals surface area contributed by atoms with Crippen LogP contribution in [0.4, 0.5) is 0 Å². The van der Waals surface area contributed by atoms with Crippen LogP contribution in [0.5, 0.6) is 0 Å². The lowest BCUT2D eigenvalue weighted by Crippen LogP contribution is -1.97. The van der Waals surface area contributed by atoms with Crippen molar-refractivity contribution in [1.29, 1.82) is 0 Å². The standard InChI is InChI=1S/C16H13ClN2OS/c1-10-2-7-13-14(8-10)19-16(18-13)21-15(20)9-11-3-5-12(17)6-4-11/h2-8H,9H2,1H3,(H,18,19). The molecule has 0 unspecified atom stereocenters. The number of aromatic amines is 1. The second kappa shape index (κ2) is 5.92. The molecule has 0 saturated heterocycles. The van der Waals surface area contributed by atoms with Crippen molar-refractivity contribution in [2.24, 2.45) is 0 Å². The first-order chi connectivity index (χ1) is 10.1. The number of carbonyl (C=O) groups excluding carboxylic acids is 1. The number of rotatable bonds is 3. The summed E-state index contributed by atoms with van der Waals surface area (Å²) in [4.78, 5) is 19.7. The van der Waals surface area contributed by atoms with Crippen LogP contribution in [0, 0.1) is 6.92 Å². The van der Waals surface area contributed by atoms with Crippen LogP contribution < -0.4 is 0 Å². The predicted molar refractivity (Wildman–Crippen MR) is 86.9 cm³/mol. The molecule has 0 amide bonds. The zero-order valence-electron chi connectivity index (χ0n) is 11.4. The number of H-pyrrole nitrogens is 1. The largest absolute Gasteiger partial charge is 0.333 e. The first kappa shape index (κ1) is 14.2. The number of halogens is 1. The van der Waals surface area contributed by atoms with Gasteiger partial charge >= 0.3 is 0 Å². The zero-order chi connectivity index (χ0) is 14.8. The topological polar surface area (TPSA) is 45.8 Å². The molecular weight excluding hydrogens is 304 g/mol. The van der Waals surface area contributed by atoms with Crippen LogP contribution in [-0.4, -0.2) is 15.1 Å². The average molecular weight is 317 g/mol. The summed E-state index contributed by atoms with van der Waals surface area (Å²) in [6.07, 6.45) is 0.359. The van der Waals surface area contributed by atoms with Gasteiger partial charge in [-0.1, -0.05) is 29.8 Å². The van der Waals surface area contributed by atoms with Crippen molar-refractivity contribution >= 4 is 39.5 Å². The van der Waals surface area contributed by atoms with Gasteiger partial charge in [-0.05, 0) is 54.1 Å². The number of aromatic nitrogens is 2. The Morgan fingerprint density at radius 3 is 2.76 bits per heavy atom. The summed E-state index contributed by atoms with van der Waals surface area (Å²) in [7, 11) is 0. The highest BCUT2D eigenvalue weighted by Crippen LogP contribution is 2.22. The SMILES string of the molecule is Cc1ccc2nc(SC(=O)Cc3ccc(Cl)cc3)[nH]c2c1. The number of aryl methyl sites for hydroxylation is 1. The minimum atomic E-state index is 0.0492. The van der Waals surface area contributed by atoms with E-state index in [4.69, 9.17) is 11.6 Å². The number of thioether (sulfide) groups is 1. The third kappa shape index (κ3) is 3.46. The van der Waals surface area contributed by atoms with Crippen molar-refractivity contribution in [2.75, 3.05) is 0 Å². The van der Waals surface area contributed by atoms with E-state index in [9.17, 15) is 4.79 Å². The number of carbonyl (C=O) groups is 1. The Balaban J connectivity index is 1.72. The molecule has 2 aromatic carbocycles. The molecule has 0 atom stereocenters. The van der Waals surface area contributed by atoms with E-state index in [-0.39, 0.29) is 5.12 Å². The van der Waals surface area contributed by atoms with Crippen LogP contribution in [0.15, 0.2) is 47.6 Å². The van der Waals surface area contributed by atoms with E-state index in [1.54, 1.807) is 12.1 Å². The molecule has 0 saturated carbocycles. The average Bonchev–Trinajstić information content (AvgIpc) is 2.82. The van der Waals surface area contributed by atoms with Gasteiger partial charge in [0.05, 0.1) is 11.0 Å². The van der Waals surface area contributed by atoms with Gasteiger partial charge in [-0.25, -0.2) is 4.98 Å². The molecule has 0 radical (unpaired) electrons. The zero-order valence-corrected chi connectivity index (χ0v) is 13.0. The normalized spacial score (nSPS) is 11.0. The molecule has 5 heteroatoms. The molecule has 0 bridgehead atoms. The number of nitrogens with one attached hydrogen (secondary N) is 1. The Morgan fingerprint density at radius 1 is 1.24 bits per heavy atom. The van der Waals surface area contributed by atoms with E-state index in [0.29, 0.717) is 16.6 Å². The van der Waals surface area contributed by atoms with E-state index >= 15 is 0 Å². The number of hydrogen-bond acceptors (Lipinski definition) is 3. The number of imidazole rings is 1. The van der Waals surface area contributed by atoms with Crippen LogP contribution in [0.3, 0.4) is 0 Å². The van der Waals surface area contributed by atoms with E-state index in [1.807, 2.05) is 37.3 Å². The minimum Gasteiger partial charge on any atom is -0.333 e. The molecule has 106 valence electrons.